The van der Waals surface area contributed by atoms with Gasteiger partial charge in [-0.3, -0.25) is 9.59 Å². The third kappa shape index (κ3) is 3.27. The number of carboxylic acid groups (broad SMARTS) is 1. The van der Waals surface area contributed by atoms with E-state index in [9.17, 15) is 14.0 Å². The summed E-state index contributed by atoms with van der Waals surface area (Å²) in [4.78, 5) is 24.7. The second-order valence-corrected chi connectivity index (χ2v) is 5.60. The van der Waals surface area contributed by atoms with Gasteiger partial charge in [-0.2, -0.15) is 0 Å². The third-order valence-electron chi connectivity index (χ3n) is 3.90. The fraction of sp³-hybridized carbons (Fsp3) is 0.375. The molecule has 5 nitrogen and oxygen atoms in total. The first-order valence-corrected chi connectivity index (χ1v) is 6.90. The Morgan fingerprint density at radius 3 is 2.73 bits per heavy atom. The molecule has 1 aliphatic rings. The standard InChI is InChI=1S/C16H18FNO4/c1-16(15(20)21)7-8-18(10-16)14(19)6-4-11-3-5-13(22-2)12(17)9-11/h3-6,9H,7-8,10H2,1-2H3,(H,20,21)/b6-4+. The quantitative estimate of drug-likeness (QED) is 0.866. The number of halogens is 1. The molecule has 118 valence electrons. The summed E-state index contributed by atoms with van der Waals surface area (Å²) in [5.74, 6) is -1.54. The molecule has 0 radical (unpaired) electrons. The number of aliphatic carboxylic acids is 1. The van der Waals surface area contributed by atoms with Gasteiger partial charge in [0, 0.05) is 19.2 Å². The van der Waals surface area contributed by atoms with Crippen molar-refractivity contribution in [2.75, 3.05) is 20.2 Å². The molecule has 1 atom stereocenters. The molecule has 1 N–H and O–H groups in total. The Bertz CT molecular complexity index is 629. The highest BCUT2D eigenvalue weighted by Gasteiger charge is 2.41. The summed E-state index contributed by atoms with van der Waals surface area (Å²) >= 11 is 0. The first kappa shape index (κ1) is 16.0. The fourth-order valence-electron chi connectivity index (χ4n) is 2.38. The number of amides is 1. The van der Waals surface area contributed by atoms with Crippen LogP contribution in [0.1, 0.15) is 18.9 Å². The van der Waals surface area contributed by atoms with Crippen LogP contribution in [0.25, 0.3) is 6.08 Å². The molecule has 0 aromatic heterocycles. The smallest absolute Gasteiger partial charge is 0.311 e. The summed E-state index contributed by atoms with van der Waals surface area (Å²) in [7, 11) is 1.38. The van der Waals surface area contributed by atoms with Gasteiger partial charge in [0.25, 0.3) is 0 Å². The van der Waals surface area contributed by atoms with E-state index in [1.165, 1.54) is 36.3 Å². The number of ether oxygens (including phenoxy) is 1. The maximum atomic E-state index is 13.5. The van der Waals surface area contributed by atoms with Gasteiger partial charge < -0.3 is 14.7 Å². The number of nitrogens with zero attached hydrogens (tertiary/aromatic N) is 1. The zero-order valence-corrected chi connectivity index (χ0v) is 12.5. The molecule has 0 spiro atoms. The Labute approximate surface area is 128 Å². The van der Waals surface area contributed by atoms with Crippen LogP contribution in [0.4, 0.5) is 4.39 Å². The summed E-state index contributed by atoms with van der Waals surface area (Å²) in [6.07, 6.45) is 3.26. The number of benzene rings is 1. The second-order valence-electron chi connectivity index (χ2n) is 5.60. The van der Waals surface area contributed by atoms with E-state index in [-0.39, 0.29) is 18.2 Å². The third-order valence-corrected chi connectivity index (χ3v) is 3.90. The van der Waals surface area contributed by atoms with Gasteiger partial charge in [-0.05, 0) is 37.1 Å². The first-order valence-electron chi connectivity index (χ1n) is 6.90. The van der Waals surface area contributed by atoms with Crippen LogP contribution in [0.3, 0.4) is 0 Å². The van der Waals surface area contributed by atoms with E-state index in [0.717, 1.165) is 0 Å². The normalized spacial score (nSPS) is 21.3. The van der Waals surface area contributed by atoms with Crippen molar-refractivity contribution in [2.45, 2.75) is 13.3 Å². The molecule has 0 saturated carbocycles. The van der Waals surface area contributed by atoms with Crippen molar-refractivity contribution >= 4 is 18.0 Å². The van der Waals surface area contributed by atoms with Crippen LogP contribution in [0.5, 0.6) is 5.75 Å². The monoisotopic (exact) mass is 307 g/mol. The lowest BCUT2D eigenvalue weighted by atomic mass is 9.90. The molecular formula is C16H18FNO4. The largest absolute Gasteiger partial charge is 0.494 e. The highest BCUT2D eigenvalue weighted by atomic mass is 19.1. The summed E-state index contributed by atoms with van der Waals surface area (Å²) in [6.45, 7) is 2.22. The molecule has 1 aromatic rings. The van der Waals surface area contributed by atoms with Gasteiger partial charge in [0.1, 0.15) is 0 Å². The van der Waals surface area contributed by atoms with Crippen molar-refractivity contribution in [3.8, 4) is 5.75 Å². The van der Waals surface area contributed by atoms with E-state index >= 15 is 0 Å². The summed E-state index contributed by atoms with van der Waals surface area (Å²) in [6, 6.07) is 4.39. The molecule has 1 fully saturated rings. The van der Waals surface area contributed by atoms with Crippen LogP contribution in [-0.2, 0) is 9.59 Å². The van der Waals surface area contributed by atoms with E-state index in [0.29, 0.717) is 18.5 Å². The number of hydrogen-bond acceptors (Lipinski definition) is 3. The van der Waals surface area contributed by atoms with Gasteiger partial charge in [0.05, 0.1) is 12.5 Å². The number of carbonyl (C=O) groups excluding carboxylic acids is 1. The van der Waals surface area contributed by atoms with Crippen molar-refractivity contribution in [3.63, 3.8) is 0 Å². The Kier molecular flexibility index (Phi) is 4.49. The number of methoxy groups -OCH3 is 1. The van der Waals surface area contributed by atoms with E-state index in [2.05, 4.69) is 0 Å². The number of likely N-dealkylation sites (tertiary alicyclic amines) is 1. The summed E-state index contributed by atoms with van der Waals surface area (Å²) < 4.78 is 18.4. The van der Waals surface area contributed by atoms with Crippen molar-refractivity contribution in [3.05, 3.63) is 35.7 Å². The van der Waals surface area contributed by atoms with Crippen molar-refractivity contribution in [1.29, 1.82) is 0 Å². The van der Waals surface area contributed by atoms with E-state index in [4.69, 9.17) is 9.84 Å². The van der Waals surface area contributed by atoms with Crippen LogP contribution in [0.15, 0.2) is 24.3 Å². The SMILES string of the molecule is COc1ccc(/C=C/C(=O)N2CCC(C)(C(=O)O)C2)cc1F. The minimum absolute atomic E-state index is 0.139. The highest BCUT2D eigenvalue weighted by molar-refractivity contribution is 5.92. The summed E-state index contributed by atoms with van der Waals surface area (Å²) in [5.41, 5.74) is -0.359. The Balaban J connectivity index is 2.03. The molecule has 1 aromatic carbocycles. The number of carbonyl (C=O) groups is 2. The zero-order valence-electron chi connectivity index (χ0n) is 12.5. The molecule has 1 heterocycles. The second kappa shape index (κ2) is 6.17. The average Bonchev–Trinajstić information content (AvgIpc) is 2.89. The maximum absolute atomic E-state index is 13.5. The topological polar surface area (TPSA) is 66.8 Å². The van der Waals surface area contributed by atoms with Crippen LogP contribution in [0.2, 0.25) is 0 Å². The number of rotatable bonds is 4. The lowest BCUT2D eigenvalue weighted by Crippen LogP contribution is -2.34. The van der Waals surface area contributed by atoms with E-state index in [1.54, 1.807) is 13.0 Å². The molecule has 1 amide bonds. The fourth-order valence-corrected chi connectivity index (χ4v) is 2.38. The van der Waals surface area contributed by atoms with Crippen molar-refractivity contribution < 1.29 is 23.8 Å². The van der Waals surface area contributed by atoms with Crippen LogP contribution in [0, 0.1) is 11.2 Å². The molecule has 0 aliphatic carbocycles. The predicted octanol–water partition coefficient (Wildman–Crippen LogP) is 2.17. The van der Waals surface area contributed by atoms with E-state index in [1.807, 2.05) is 0 Å². The van der Waals surface area contributed by atoms with Gasteiger partial charge in [0.15, 0.2) is 11.6 Å². The molecular weight excluding hydrogens is 289 g/mol. The Morgan fingerprint density at radius 2 is 2.18 bits per heavy atom. The van der Waals surface area contributed by atoms with Gasteiger partial charge >= 0.3 is 5.97 Å². The lowest BCUT2D eigenvalue weighted by Gasteiger charge is -2.18. The first-order chi connectivity index (χ1) is 10.4. The zero-order chi connectivity index (χ0) is 16.3. The molecule has 1 aliphatic heterocycles. The molecule has 0 bridgehead atoms. The van der Waals surface area contributed by atoms with Crippen molar-refractivity contribution in [2.24, 2.45) is 5.41 Å². The molecule has 6 heteroatoms. The van der Waals surface area contributed by atoms with Gasteiger partial charge in [-0.15, -0.1) is 0 Å². The lowest BCUT2D eigenvalue weighted by molar-refractivity contribution is -0.147. The molecule has 1 saturated heterocycles. The van der Waals surface area contributed by atoms with Crippen LogP contribution in [-0.4, -0.2) is 42.1 Å². The highest BCUT2D eigenvalue weighted by Crippen LogP contribution is 2.30. The van der Waals surface area contributed by atoms with Gasteiger partial charge in [-0.1, -0.05) is 6.07 Å². The summed E-state index contributed by atoms with van der Waals surface area (Å²) in [5, 5.41) is 9.15. The number of carboxylic acids is 1. The average molecular weight is 307 g/mol. The van der Waals surface area contributed by atoms with Crippen molar-refractivity contribution in [1.82, 2.24) is 4.90 Å². The predicted molar refractivity (Wildman–Crippen MR) is 78.9 cm³/mol. The minimum atomic E-state index is -0.899. The Hall–Kier alpha value is -2.37. The van der Waals surface area contributed by atoms with Gasteiger partial charge in [-0.25, -0.2) is 4.39 Å². The molecule has 1 unspecified atom stereocenters. The molecule has 2 rings (SSSR count). The number of hydrogen-bond donors (Lipinski definition) is 1. The van der Waals surface area contributed by atoms with Crippen LogP contribution >= 0.6 is 0 Å². The van der Waals surface area contributed by atoms with E-state index < -0.39 is 17.2 Å². The van der Waals surface area contributed by atoms with Gasteiger partial charge in [0.2, 0.25) is 5.91 Å². The molecule has 22 heavy (non-hydrogen) atoms. The Morgan fingerprint density at radius 1 is 1.45 bits per heavy atom. The van der Waals surface area contributed by atoms with Crippen LogP contribution < -0.4 is 4.74 Å². The minimum Gasteiger partial charge on any atom is -0.494 e. The maximum Gasteiger partial charge on any atom is 0.311 e.